The van der Waals surface area contributed by atoms with Crippen molar-refractivity contribution in [3.8, 4) is 11.5 Å². The van der Waals surface area contributed by atoms with Crippen LogP contribution in [-0.2, 0) is 24.3 Å². The standard InChI is InChI=1S/C23H30N4O3.HI/c1-5-29-21-11-18-9-15(2)30-22(18)12-19(21)14-26-23(24-4)25-13-17-7-6-8-20(10-17)27-16(3)28;/h6-8,10-12,15H,5,9,13-14H2,1-4H3,(H,27,28)(H2,24,25,26);1H. The van der Waals surface area contributed by atoms with Crippen molar-refractivity contribution in [3.05, 3.63) is 53.1 Å². The highest BCUT2D eigenvalue weighted by Gasteiger charge is 2.21. The number of anilines is 1. The Morgan fingerprint density at radius 1 is 1.23 bits per heavy atom. The number of rotatable bonds is 7. The van der Waals surface area contributed by atoms with Crippen LogP contribution in [0.1, 0.15) is 37.5 Å². The minimum atomic E-state index is -0.0876. The van der Waals surface area contributed by atoms with Crippen molar-refractivity contribution < 1.29 is 14.3 Å². The van der Waals surface area contributed by atoms with Crippen molar-refractivity contribution in [2.75, 3.05) is 19.0 Å². The summed E-state index contributed by atoms with van der Waals surface area (Å²) in [4.78, 5) is 15.5. The van der Waals surface area contributed by atoms with Gasteiger partial charge in [0.2, 0.25) is 5.91 Å². The number of nitrogens with one attached hydrogen (secondary N) is 3. The van der Waals surface area contributed by atoms with Crippen LogP contribution >= 0.6 is 24.0 Å². The number of carbonyl (C=O) groups excluding carboxylic acids is 1. The van der Waals surface area contributed by atoms with Crippen molar-refractivity contribution in [1.29, 1.82) is 0 Å². The maximum atomic E-state index is 11.2. The Bertz CT molecular complexity index is 933. The molecule has 0 bridgehead atoms. The monoisotopic (exact) mass is 538 g/mol. The lowest BCUT2D eigenvalue weighted by atomic mass is 10.1. The quantitative estimate of drug-likeness (QED) is 0.284. The maximum Gasteiger partial charge on any atom is 0.221 e. The SMILES string of the molecule is CCOc1cc2c(cc1CNC(=NC)NCc1cccc(NC(C)=O)c1)OC(C)C2.I. The molecule has 1 aliphatic heterocycles. The summed E-state index contributed by atoms with van der Waals surface area (Å²) in [7, 11) is 1.74. The molecule has 0 saturated heterocycles. The molecule has 2 aromatic rings. The lowest BCUT2D eigenvalue weighted by molar-refractivity contribution is -0.114. The van der Waals surface area contributed by atoms with Gasteiger partial charge in [0.05, 0.1) is 6.61 Å². The summed E-state index contributed by atoms with van der Waals surface area (Å²) in [5, 5.41) is 9.44. The average Bonchev–Trinajstić information content (AvgIpc) is 3.07. The number of ether oxygens (including phenoxy) is 2. The van der Waals surface area contributed by atoms with Gasteiger partial charge in [-0.3, -0.25) is 9.79 Å². The number of benzene rings is 2. The Morgan fingerprint density at radius 3 is 2.71 bits per heavy atom. The van der Waals surface area contributed by atoms with E-state index in [1.165, 1.54) is 12.5 Å². The first kappa shape index (κ1) is 24.8. The van der Waals surface area contributed by atoms with Crippen LogP contribution in [-0.4, -0.2) is 31.6 Å². The Balaban J connectivity index is 0.00000341. The molecular formula is C23H31IN4O3. The van der Waals surface area contributed by atoms with Crippen molar-refractivity contribution in [1.82, 2.24) is 10.6 Å². The van der Waals surface area contributed by atoms with E-state index >= 15 is 0 Å². The van der Waals surface area contributed by atoms with Gasteiger partial charge in [-0.1, -0.05) is 12.1 Å². The number of hydrogen-bond acceptors (Lipinski definition) is 4. The number of amides is 1. The smallest absolute Gasteiger partial charge is 0.221 e. The summed E-state index contributed by atoms with van der Waals surface area (Å²) in [6.45, 7) is 7.31. The van der Waals surface area contributed by atoms with Crippen molar-refractivity contribution in [3.63, 3.8) is 0 Å². The second-order valence-electron chi connectivity index (χ2n) is 7.29. The third-order valence-electron chi connectivity index (χ3n) is 4.76. The molecule has 1 aliphatic rings. The van der Waals surface area contributed by atoms with Crippen LogP contribution < -0.4 is 25.4 Å². The summed E-state index contributed by atoms with van der Waals surface area (Å²) in [6.07, 6.45) is 1.10. The minimum absolute atomic E-state index is 0. The van der Waals surface area contributed by atoms with Crippen LogP contribution in [0.4, 0.5) is 5.69 Å². The van der Waals surface area contributed by atoms with Crippen LogP contribution in [0.3, 0.4) is 0 Å². The topological polar surface area (TPSA) is 84.0 Å². The van der Waals surface area contributed by atoms with E-state index in [4.69, 9.17) is 9.47 Å². The zero-order valence-electron chi connectivity index (χ0n) is 18.5. The van der Waals surface area contributed by atoms with Gasteiger partial charge in [-0.25, -0.2) is 0 Å². The number of carbonyl (C=O) groups is 1. The number of halogens is 1. The fourth-order valence-corrected chi connectivity index (χ4v) is 3.46. The van der Waals surface area contributed by atoms with Gasteiger partial charge < -0.3 is 25.4 Å². The van der Waals surface area contributed by atoms with E-state index < -0.39 is 0 Å². The first-order valence-electron chi connectivity index (χ1n) is 10.2. The molecule has 3 N–H and O–H groups in total. The van der Waals surface area contributed by atoms with Gasteiger partial charge in [-0.05, 0) is 43.7 Å². The van der Waals surface area contributed by atoms with E-state index in [1.807, 2.05) is 31.2 Å². The molecule has 31 heavy (non-hydrogen) atoms. The zero-order valence-corrected chi connectivity index (χ0v) is 20.8. The fraction of sp³-hybridized carbons (Fsp3) is 0.391. The number of guanidine groups is 1. The summed E-state index contributed by atoms with van der Waals surface area (Å²) >= 11 is 0. The first-order chi connectivity index (χ1) is 14.5. The molecule has 0 aromatic heterocycles. The number of aliphatic imine (C=N–C) groups is 1. The van der Waals surface area contributed by atoms with Crippen molar-refractivity contribution in [2.45, 2.75) is 46.4 Å². The van der Waals surface area contributed by atoms with E-state index in [1.54, 1.807) is 7.05 Å². The summed E-state index contributed by atoms with van der Waals surface area (Å²) in [6, 6.07) is 11.9. The van der Waals surface area contributed by atoms with E-state index in [-0.39, 0.29) is 36.0 Å². The highest BCUT2D eigenvalue weighted by molar-refractivity contribution is 14.0. The second kappa shape index (κ2) is 11.8. The normalized spacial score (nSPS) is 14.7. The molecular weight excluding hydrogens is 507 g/mol. The largest absolute Gasteiger partial charge is 0.494 e. The molecule has 0 radical (unpaired) electrons. The third-order valence-corrected chi connectivity index (χ3v) is 4.76. The van der Waals surface area contributed by atoms with Gasteiger partial charge in [-0.15, -0.1) is 24.0 Å². The van der Waals surface area contributed by atoms with E-state index in [2.05, 4.69) is 40.0 Å². The van der Waals surface area contributed by atoms with Gasteiger partial charge in [0, 0.05) is 50.3 Å². The molecule has 168 valence electrons. The molecule has 0 aliphatic carbocycles. The van der Waals surface area contributed by atoms with Crippen LogP contribution in [0, 0.1) is 0 Å². The number of nitrogens with zero attached hydrogens (tertiary/aromatic N) is 1. The molecule has 3 rings (SSSR count). The Hall–Kier alpha value is -2.49. The van der Waals surface area contributed by atoms with Gasteiger partial charge in [0.1, 0.15) is 17.6 Å². The predicted molar refractivity (Wildman–Crippen MR) is 135 cm³/mol. The maximum absolute atomic E-state index is 11.2. The van der Waals surface area contributed by atoms with E-state index in [0.29, 0.717) is 25.7 Å². The van der Waals surface area contributed by atoms with Crippen LogP contribution in [0.25, 0.3) is 0 Å². The minimum Gasteiger partial charge on any atom is -0.494 e. The van der Waals surface area contributed by atoms with E-state index in [9.17, 15) is 4.79 Å². The lowest BCUT2D eigenvalue weighted by Crippen LogP contribution is -2.36. The Morgan fingerprint density at radius 2 is 2.00 bits per heavy atom. The molecule has 0 spiro atoms. The molecule has 1 unspecified atom stereocenters. The molecule has 8 heteroatoms. The molecule has 1 heterocycles. The molecule has 7 nitrogen and oxygen atoms in total. The zero-order chi connectivity index (χ0) is 21.5. The lowest BCUT2D eigenvalue weighted by Gasteiger charge is -2.16. The summed E-state index contributed by atoms with van der Waals surface area (Å²) < 4.78 is 11.7. The van der Waals surface area contributed by atoms with Gasteiger partial charge in [0.15, 0.2) is 5.96 Å². The predicted octanol–water partition coefficient (Wildman–Crippen LogP) is 3.85. The molecule has 1 atom stereocenters. The van der Waals surface area contributed by atoms with Gasteiger partial charge >= 0.3 is 0 Å². The van der Waals surface area contributed by atoms with Crippen LogP contribution in [0.15, 0.2) is 41.4 Å². The first-order valence-corrected chi connectivity index (χ1v) is 10.2. The van der Waals surface area contributed by atoms with Crippen molar-refractivity contribution in [2.24, 2.45) is 4.99 Å². The highest BCUT2D eigenvalue weighted by Crippen LogP contribution is 2.35. The van der Waals surface area contributed by atoms with Crippen LogP contribution in [0.2, 0.25) is 0 Å². The van der Waals surface area contributed by atoms with Gasteiger partial charge in [0.25, 0.3) is 0 Å². The number of fused-ring (bicyclic) bond motifs is 1. The summed E-state index contributed by atoms with van der Waals surface area (Å²) in [5.41, 5.74) is 4.04. The average molecular weight is 538 g/mol. The Labute approximate surface area is 201 Å². The van der Waals surface area contributed by atoms with Gasteiger partial charge in [-0.2, -0.15) is 0 Å². The molecule has 1 amide bonds. The molecule has 0 saturated carbocycles. The Kier molecular flexibility index (Phi) is 9.42. The molecule has 0 fully saturated rings. The van der Waals surface area contributed by atoms with Crippen LogP contribution in [0.5, 0.6) is 11.5 Å². The second-order valence-corrected chi connectivity index (χ2v) is 7.29. The highest BCUT2D eigenvalue weighted by atomic mass is 127. The third kappa shape index (κ3) is 7.02. The van der Waals surface area contributed by atoms with E-state index in [0.717, 1.165) is 34.7 Å². The fourth-order valence-electron chi connectivity index (χ4n) is 3.46. The van der Waals surface area contributed by atoms with Crippen molar-refractivity contribution >= 4 is 41.5 Å². The number of hydrogen-bond donors (Lipinski definition) is 3. The molecule has 2 aromatic carbocycles. The summed E-state index contributed by atoms with van der Waals surface area (Å²) in [5.74, 6) is 2.40.